The Bertz CT molecular complexity index is 826. The molecule has 0 radical (unpaired) electrons. The van der Waals surface area contributed by atoms with Crippen LogP contribution in [0, 0.1) is 0 Å². The fourth-order valence-electron chi connectivity index (χ4n) is 3.12. The van der Waals surface area contributed by atoms with Crippen LogP contribution in [0.25, 0.3) is 0 Å². The van der Waals surface area contributed by atoms with Gasteiger partial charge in [-0.25, -0.2) is 0 Å². The molecule has 3 rings (SSSR count). The molecular formula is C24H26O3. The Kier molecular flexibility index (Phi) is 6.75. The summed E-state index contributed by atoms with van der Waals surface area (Å²) in [5.74, 6) is 2.19. The summed E-state index contributed by atoms with van der Waals surface area (Å²) in [7, 11) is 0. The standard InChI is InChI=1S/C24H26O3/c25-21-14-17-24(26)20(18-21)9-5-2-1-4-8-19-12-15-23(16-13-19)27-22-10-6-3-7-11-22/h3,6-7,10-18,25-26H,1-2,4-5,8-9H2. The molecule has 140 valence electrons. The molecule has 0 saturated heterocycles. The van der Waals surface area contributed by atoms with Crippen molar-refractivity contribution in [3.8, 4) is 23.0 Å². The molecule has 0 heterocycles. The van der Waals surface area contributed by atoms with Crippen molar-refractivity contribution in [3.63, 3.8) is 0 Å². The number of rotatable bonds is 9. The van der Waals surface area contributed by atoms with Crippen LogP contribution in [-0.4, -0.2) is 10.2 Å². The largest absolute Gasteiger partial charge is 0.508 e. The maximum Gasteiger partial charge on any atom is 0.127 e. The number of ether oxygens (including phenoxy) is 1. The first-order valence-corrected chi connectivity index (χ1v) is 9.53. The molecule has 3 aromatic carbocycles. The molecule has 0 bridgehead atoms. The monoisotopic (exact) mass is 362 g/mol. The van der Waals surface area contributed by atoms with E-state index in [0.29, 0.717) is 0 Å². The maximum absolute atomic E-state index is 9.78. The van der Waals surface area contributed by atoms with Gasteiger partial charge in [0.2, 0.25) is 0 Å². The molecule has 2 N–H and O–H groups in total. The van der Waals surface area contributed by atoms with Gasteiger partial charge >= 0.3 is 0 Å². The van der Waals surface area contributed by atoms with Gasteiger partial charge in [0.25, 0.3) is 0 Å². The molecule has 0 atom stereocenters. The lowest BCUT2D eigenvalue weighted by molar-refractivity contribution is 0.452. The minimum Gasteiger partial charge on any atom is -0.508 e. The second-order valence-corrected chi connectivity index (χ2v) is 6.79. The smallest absolute Gasteiger partial charge is 0.127 e. The Hall–Kier alpha value is -2.94. The fraction of sp³-hybridized carbons (Fsp3) is 0.250. The summed E-state index contributed by atoms with van der Waals surface area (Å²) < 4.78 is 5.81. The molecule has 0 aromatic heterocycles. The fourth-order valence-corrected chi connectivity index (χ4v) is 3.12. The zero-order chi connectivity index (χ0) is 18.9. The summed E-state index contributed by atoms with van der Waals surface area (Å²) in [5.41, 5.74) is 2.14. The Labute approximate surface area is 160 Å². The van der Waals surface area contributed by atoms with Crippen molar-refractivity contribution in [2.45, 2.75) is 38.5 Å². The van der Waals surface area contributed by atoms with Crippen LogP contribution in [0.5, 0.6) is 23.0 Å². The van der Waals surface area contributed by atoms with E-state index in [1.54, 1.807) is 12.1 Å². The zero-order valence-electron chi connectivity index (χ0n) is 15.5. The highest BCUT2D eigenvalue weighted by Crippen LogP contribution is 2.24. The first kappa shape index (κ1) is 18.8. The van der Waals surface area contributed by atoms with Crippen molar-refractivity contribution >= 4 is 0 Å². The molecule has 3 aromatic rings. The van der Waals surface area contributed by atoms with Crippen molar-refractivity contribution in [2.24, 2.45) is 0 Å². The topological polar surface area (TPSA) is 49.7 Å². The van der Waals surface area contributed by atoms with Crippen molar-refractivity contribution in [2.75, 3.05) is 0 Å². The first-order valence-electron chi connectivity index (χ1n) is 9.53. The quantitative estimate of drug-likeness (QED) is 0.350. The highest BCUT2D eigenvalue weighted by molar-refractivity contribution is 5.38. The number of unbranched alkanes of at least 4 members (excludes halogenated alkanes) is 3. The molecule has 0 spiro atoms. The van der Waals surface area contributed by atoms with E-state index in [1.807, 2.05) is 42.5 Å². The molecule has 0 saturated carbocycles. The number of para-hydroxylation sites is 1. The third-order valence-corrected chi connectivity index (χ3v) is 4.63. The summed E-state index contributed by atoms with van der Waals surface area (Å²) in [4.78, 5) is 0. The molecule has 0 aliphatic carbocycles. The third-order valence-electron chi connectivity index (χ3n) is 4.63. The van der Waals surface area contributed by atoms with Gasteiger partial charge in [0, 0.05) is 0 Å². The summed E-state index contributed by atoms with van der Waals surface area (Å²) >= 11 is 0. The van der Waals surface area contributed by atoms with Gasteiger partial charge in [0.05, 0.1) is 0 Å². The molecule has 0 unspecified atom stereocenters. The van der Waals surface area contributed by atoms with Crippen molar-refractivity contribution in [1.29, 1.82) is 0 Å². The number of aryl methyl sites for hydroxylation is 2. The molecule has 0 aliphatic rings. The van der Waals surface area contributed by atoms with Crippen molar-refractivity contribution in [3.05, 3.63) is 83.9 Å². The van der Waals surface area contributed by atoms with Crippen LogP contribution in [0.15, 0.2) is 72.8 Å². The van der Waals surface area contributed by atoms with E-state index in [9.17, 15) is 10.2 Å². The second-order valence-electron chi connectivity index (χ2n) is 6.79. The summed E-state index contributed by atoms with van der Waals surface area (Å²) in [6.45, 7) is 0. The van der Waals surface area contributed by atoms with Crippen LogP contribution in [0.1, 0.15) is 36.8 Å². The van der Waals surface area contributed by atoms with Crippen molar-refractivity contribution < 1.29 is 14.9 Å². The van der Waals surface area contributed by atoms with E-state index in [-0.39, 0.29) is 11.5 Å². The Morgan fingerprint density at radius 2 is 1.30 bits per heavy atom. The summed E-state index contributed by atoms with van der Waals surface area (Å²) in [6.07, 6.45) is 6.28. The predicted molar refractivity (Wildman–Crippen MR) is 109 cm³/mol. The number of hydrogen-bond acceptors (Lipinski definition) is 3. The lowest BCUT2D eigenvalue weighted by Gasteiger charge is -2.07. The van der Waals surface area contributed by atoms with Crippen LogP contribution < -0.4 is 4.74 Å². The predicted octanol–water partition coefficient (Wildman–Crippen LogP) is 6.24. The molecule has 0 aliphatic heterocycles. The van der Waals surface area contributed by atoms with Crippen LogP contribution in [0.2, 0.25) is 0 Å². The lowest BCUT2D eigenvalue weighted by atomic mass is 10.0. The SMILES string of the molecule is Oc1ccc(O)c(CCCCCCc2ccc(Oc3ccccc3)cc2)c1. The van der Waals surface area contributed by atoms with Gasteiger partial charge in [-0.1, -0.05) is 43.2 Å². The number of benzene rings is 3. The average molecular weight is 362 g/mol. The Morgan fingerprint density at radius 1 is 0.630 bits per heavy atom. The van der Waals surface area contributed by atoms with E-state index in [4.69, 9.17) is 4.74 Å². The van der Waals surface area contributed by atoms with Crippen molar-refractivity contribution in [1.82, 2.24) is 0 Å². The normalized spacial score (nSPS) is 10.7. The van der Waals surface area contributed by atoms with Gasteiger partial charge in [-0.3, -0.25) is 0 Å². The van der Waals surface area contributed by atoms with Crippen LogP contribution in [0.3, 0.4) is 0 Å². The van der Waals surface area contributed by atoms with Gasteiger partial charge in [0.15, 0.2) is 0 Å². The highest BCUT2D eigenvalue weighted by atomic mass is 16.5. The number of hydrogen-bond donors (Lipinski definition) is 2. The summed E-state index contributed by atoms with van der Waals surface area (Å²) in [6, 6.07) is 22.8. The highest BCUT2D eigenvalue weighted by Gasteiger charge is 2.03. The van der Waals surface area contributed by atoms with E-state index in [1.165, 1.54) is 11.6 Å². The molecule has 3 heteroatoms. The van der Waals surface area contributed by atoms with Gasteiger partial charge in [-0.05, 0) is 79.3 Å². The van der Waals surface area contributed by atoms with Gasteiger partial charge < -0.3 is 14.9 Å². The van der Waals surface area contributed by atoms with Crippen LogP contribution in [-0.2, 0) is 12.8 Å². The lowest BCUT2D eigenvalue weighted by Crippen LogP contribution is -1.90. The molecule has 0 fully saturated rings. The zero-order valence-corrected chi connectivity index (χ0v) is 15.5. The minimum absolute atomic E-state index is 0.211. The van der Waals surface area contributed by atoms with Gasteiger partial charge in [-0.15, -0.1) is 0 Å². The Morgan fingerprint density at radius 3 is 2.04 bits per heavy atom. The van der Waals surface area contributed by atoms with Crippen LogP contribution in [0.4, 0.5) is 0 Å². The molecule has 0 amide bonds. The van der Waals surface area contributed by atoms with Gasteiger partial charge in [-0.2, -0.15) is 0 Å². The molecular weight excluding hydrogens is 336 g/mol. The number of aromatic hydroxyl groups is 2. The van der Waals surface area contributed by atoms with Crippen LogP contribution >= 0.6 is 0 Å². The summed E-state index contributed by atoms with van der Waals surface area (Å²) in [5, 5.41) is 19.3. The Balaban J connectivity index is 1.35. The number of phenolic OH excluding ortho intramolecular Hbond substituents is 2. The second kappa shape index (κ2) is 9.67. The maximum atomic E-state index is 9.78. The minimum atomic E-state index is 0.211. The third kappa shape index (κ3) is 6.07. The number of phenols is 2. The van der Waals surface area contributed by atoms with E-state index >= 15 is 0 Å². The average Bonchev–Trinajstić information content (AvgIpc) is 2.69. The first-order chi connectivity index (χ1) is 13.2. The molecule has 3 nitrogen and oxygen atoms in total. The van der Waals surface area contributed by atoms with Gasteiger partial charge in [0.1, 0.15) is 23.0 Å². The molecule has 27 heavy (non-hydrogen) atoms. The van der Waals surface area contributed by atoms with E-state index in [0.717, 1.165) is 55.6 Å². The van der Waals surface area contributed by atoms with E-state index in [2.05, 4.69) is 12.1 Å². The van der Waals surface area contributed by atoms with E-state index < -0.39 is 0 Å².